The van der Waals surface area contributed by atoms with Crippen LogP contribution in [0.2, 0.25) is 0 Å². The third kappa shape index (κ3) is 4.00. The van der Waals surface area contributed by atoms with E-state index in [1.165, 1.54) is 6.20 Å². The van der Waals surface area contributed by atoms with Gasteiger partial charge in [-0.15, -0.1) is 0 Å². The summed E-state index contributed by atoms with van der Waals surface area (Å²) < 4.78 is 6.76. The summed E-state index contributed by atoms with van der Waals surface area (Å²) in [4.78, 5) is 48.9. The van der Waals surface area contributed by atoms with E-state index in [1.807, 2.05) is 30.3 Å². The van der Waals surface area contributed by atoms with Crippen LogP contribution in [0, 0.1) is 0 Å². The number of fused-ring (bicyclic) bond motifs is 2. The second-order valence-corrected chi connectivity index (χ2v) is 7.96. The SMILES string of the molecule is O=C1CCC(n2ncc3cc(CNC(=O)C4=Cc5ccccc5OC4)ccc3c2=O)C(=O)N1. The summed E-state index contributed by atoms with van der Waals surface area (Å²) in [5, 5.41) is 10.3. The molecule has 1 unspecified atom stereocenters. The van der Waals surface area contributed by atoms with Gasteiger partial charge in [0.05, 0.1) is 17.2 Å². The van der Waals surface area contributed by atoms with E-state index in [4.69, 9.17) is 4.74 Å². The van der Waals surface area contributed by atoms with Crippen LogP contribution in [0.1, 0.15) is 30.0 Å². The lowest BCUT2D eigenvalue weighted by Crippen LogP contribution is -2.45. The minimum Gasteiger partial charge on any atom is -0.488 e. The minimum atomic E-state index is -0.810. The highest BCUT2D eigenvalue weighted by Crippen LogP contribution is 2.25. The number of para-hydroxylation sites is 1. The number of carbonyl (C=O) groups is 3. The molecule has 1 atom stereocenters. The van der Waals surface area contributed by atoms with Crippen LogP contribution in [0.3, 0.4) is 0 Å². The number of benzene rings is 2. The number of rotatable bonds is 4. The Hall–Kier alpha value is -4.27. The van der Waals surface area contributed by atoms with Crippen molar-refractivity contribution in [2.75, 3.05) is 6.61 Å². The first kappa shape index (κ1) is 20.6. The van der Waals surface area contributed by atoms with Gasteiger partial charge in [0.25, 0.3) is 17.4 Å². The number of hydrogen-bond acceptors (Lipinski definition) is 6. The standard InChI is InChI=1S/C24H20N4O5/c29-21-8-7-19(23(31)27-21)28-24(32)18-6-5-14(9-16(18)12-26-28)11-25-22(30)17-10-15-3-1-2-4-20(15)33-13-17/h1-6,9-10,12,19H,7-8,11,13H2,(H,25,30)(H,27,29,31). The zero-order valence-corrected chi connectivity index (χ0v) is 17.5. The van der Waals surface area contributed by atoms with Crippen molar-refractivity contribution in [3.8, 4) is 5.75 Å². The number of piperidine rings is 1. The Morgan fingerprint density at radius 1 is 1.18 bits per heavy atom. The Morgan fingerprint density at radius 3 is 2.88 bits per heavy atom. The van der Waals surface area contributed by atoms with Crippen molar-refractivity contribution in [1.29, 1.82) is 0 Å². The number of hydrogen-bond donors (Lipinski definition) is 2. The first-order valence-electron chi connectivity index (χ1n) is 10.5. The topological polar surface area (TPSA) is 119 Å². The number of nitrogens with zero attached hydrogens (tertiary/aromatic N) is 2. The van der Waals surface area contributed by atoms with E-state index in [0.717, 1.165) is 21.6 Å². The number of aromatic nitrogens is 2. The predicted molar refractivity (Wildman–Crippen MR) is 119 cm³/mol. The zero-order valence-electron chi connectivity index (χ0n) is 17.5. The first-order valence-corrected chi connectivity index (χ1v) is 10.5. The molecule has 3 heterocycles. The molecule has 166 valence electrons. The van der Waals surface area contributed by atoms with Crippen LogP contribution in [0.5, 0.6) is 5.75 Å². The Balaban J connectivity index is 1.32. The van der Waals surface area contributed by atoms with Gasteiger partial charge in [0.15, 0.2) is 0 Å². The lowest BCUT2D eigenvalue weighted by atomic mass is 10.1. The maximum Gasteiger partial charge on any atom is 0.275 e. The van der Waals surface area contributed by atoms with Crippen LogP contribution in [0.4, 0.5) is 0 Å². The molecule has 0 radical (unpaired) electrons. The van der Waals surface area contributed by atoms with Gasteiger partial charge in [-0.2, -0.15) is 5.10 Å². The Bertz CT molecular complexity index is 1390. The van der Waals surface area contributed by atoms with Crippen molar-refractivity contribution in [2.45, 2.75) is 25.4 Å². The third-order valence-corrected chi connectivity index (χ3v) is 5.76. The van der Waals surface area contributed by atoms with Crippen molar-refractivity contribution in [3.05, 3.63) is 75.7 Å². The summed E-state index contributed by atoms with van der Waals surface area (Å²) in [6.07, 6.45) is 3.72. The average molecular weight is 444 g/mol. The lowest BCUT2D eigenvalue weighted by molar-refractivity contribution is -0.136. The molecular weight excluding hydrogens is 424 g/mol. The fourth-order valence-electron chi connectivity index (χ4n) is 4.00. The molecule has 3 aromatic rings. The van der Waals surface area contributed by atoms with Gasteiger partial charge in [-0.25, -0.2) is 4.68 Å². The van der Waals surface area contributed by atoms with Crippen molar-refractivity contribution < 1.29 is 19.1 Å². The lowest BCUT2D eigenvalue weighted by Gasteiger charge is -2.21. The Labute approximate surface area is 188 Å². The fourth-order valence-corrected chi connectivity index (χ4v) is 4.00. The number of carbonyl (C=O) groups excluding carboxylic acids is 3. The van der Waals surface area contributed by atoms with E-state index >= 15 is 0 Å². The summed E-state index contributed by atoms with van der Waals surface area (Å²) in [5.74, 6) is -0.352. The van der Waals surface area contributed by atoms with Crippen LogP contribution in [-0.4, -0.2) is 34.1 Å². The second kappa shape index (κ2) is 8.34. The van der Waals surface area contributed by atoms with Crippen molar-refractivity contribution in [2.24, 2.45) is 0 Å². The van der Waals surface area contributed by atoms with Gasteiger partial charge < -0.3 is 10.1 Å². The largest absolute Gasteiger partial charge is 0.488 e. The average Bonchev–Trinajstić information content (AvgIpc) is 2.83. The monoisotopic (exact) mass is 444 g/mol. The molecule has 1 saturated heterocycles. The number of ether oxygens (including phenoxy) is 1. The summed E-state index contributed by atoms with van der Waals surface area (Å²) in [6.45, 7) is 0.467. The summed E-state index contributed by atoms with van der Waals surface area (Å²) in [7, 11) is 0. The molecule has 5 rings (SSSR count). The molecule has 2 aliphatic rings. The van der Waals surface area contributed by atoms with E-state index < -0.39 is 17.5 Å². The highest BCUT2D eigenvalue weighted by molar-refractivity contribution is 6.00. The molecule has 0 saturated carbocycles. The van der Waals surface area contributed by atoms with E-state index in [0.29, 0.717) is 16.3 Å². The van der Waals surface area contributed by atoms with Crippen LogP contribution in [-0.2, 0) is 20.9 Å². The molecule has 2 aromatic carbocycles. The molecule has 0 spiro atoms. The highest BCUT2D eigenvalue weighted by Gasteiger charge is 2.29. The maximum atomic E-state index is 12.9. The number of nitrogens with one attached hydrogen (secondary N) is 2. The normalized spacial score (nSPS) is 17.6. The summed E-state index contributed by atoms with van der Waals surface area (Å²) in [6, 6.07) is 11.9. The van der Waals surface area contributed by atoms with E-state index in [1.54, 1.807) is 18.2 Å². The van der Waals surface area contributed by atoms with Gasteiger partial charge in [0, 0.05) is 23.9 Å². The molecule has 3 amide bonds. The summed E-state index contributed by atoms with van der Waals surface area (Å²) >= 11 is 0. The molecule has 33 heavy (non-hydrogen) atoms. The predicted octanol–water partition coefficient (Wildman–Crippen LogP) is 1.47. The molecule has 9 heteroatoms. The number of amides is 3. The molecule has 2 aliphatic heterocycles. The Morgan fingerprint density at radius 2 is 2.03 bits per heavy atom. The third-order valence-electron chi connectivity index (χ3n) is 5.76. The van der Waals surface area contributed by atoms with Crippen LogP contribution < -0.4 is 20.9 Å². The van der Waals surface area contributed by atoms with Crippen molar-refractivity contribution in [1.82, 2.24) is 20.4 Å². The van der Waals surface area contributed by atoms with E-state index in [2.05, 4.69) is 15.7 Å². The zero-order chi connectivity index (χ0) is 22.9. The molecule has 0 aliphatic carbocycles. The molecular formula is C24H20N4O5. The smallest absolute Gasteiger partial charge is 0.275 e. The number of imide groups is 1. The molecule has 2 N–H and O–H groups in total. The van der Waals surface area contributed by atoms with Crippen molar-refractivity contribution in [3.63, 3.8) is 0 Å². The van der Waals surface area contributed by atoms with E-state index in [9.17, 15) is 19.2 Å². The second-order valence-electron chi connectivity index (χ2n) is 7.96. The molecule has 9 nitrogen and oxygen atoms in total. The van der Waals surface area contributed by atoms with Crippen LogP contribution in [0.25, 0.3) is 16.8 Å². The molecule has 1 fully saturated rings. The summed E-state index contributed by atoms with van der Waals surface area (Å²) in [5.41, 5.74) is 1.79. The molecule has 1 aromatic heterocycles. The van der Waals surface area contributed by atoms with Gasteiger partial charge in [0.2, 0.25) is 5.91 Å². The van der Waals surface area contributed by atoms with Gasteiger partial charge in [-0.1, -0.05) is 24.3 Å². The van der Waals surface area contributed by atoms with Crippen molar-refractivity contribution >= 4 is 34.6 Å². The van der Waals surface area contributed by atoms with Gasteiger partial charge in [-0.3, -0.25) is 24.5 Å². The fraction of sp³-hybridized carbons (Fsp3) is 0.208. The highest BCUT2D eigenvalue weighted by atomic mass is 16.5. The van der Waals surface area contributed by atoms with Gasteiger partial charge in [-0.05, 0) is 36.3 Å². The van der Waals surface area contributed by atoms with Gasteiger partial charge >= 0.3 is 0 Å². The Kier molecular flexibility index (Phi) is 5.21. The molecule has 0 bridgehead atoms. The van der Waals surface area contributed by atoms with Gasteiger partial charge in [0.1, 0.15) is 18.4 Å². The maximum absolute atomic E-state index is 12.9. The van der Waals surface area contributed by atoms with Crippen LogP contribution in [0.15, 0.2) is 59.0 Å². The quantitative estimate of drug-likeness (QED) is 0.588. The first-order chi connectivity index (χ1) is 16.0. The van der Waals surface area contributed by atoms with Crippen LogP contribution >= 0.6 is 0 Å². The minimum absolute atomic E-state index is 0.161. The van der Waals surface area contributed by atoms with E-state index in [-0.39, 0.29) is 37.8 Å².